The monoisotopic (exact) mass is 283 g/mol. The molecule has 1 aliphatic heterocycles. The van der Waals surface area contributed by atoms with Crippen LogP contribution in [-0.2, 0) is 10.0 Å². The Hall–Kier alpha value is -1.60. The van der Waals surface area contributed by atoms with Crippen molar-refractivity contribution in [3.05, 3.63) is 24.3 Å². The van der Waals surface area contributed by atoms with Crippen molar-refractivity contribution >= 4 is 21.7 Å². The predicted molar refractivity (Wildman–Crippen MR) is 72.3 cm³/mol. The van der Waals surface area contributed by atoms with Crippen LogP contribution in [0.3, 0.4) is 0 Å². The number of para-hydroxylation sites is 1. The van der Waals surface area contributed by atoms with Gasteiger partial charge in [-0.2, -0.15) is 0 Å². The van der Waals surface area contributed by atoms with E-state index < -0.39 is 10.0 Å². The number of anilines is 1. The first-order valence-corrected chi connectivity index (χ1v) is 7.71. The minimum Gasteiger partial charge on any atom is -0.325 e. The first kappa shape index (κ1) is 13.8. The topological polar surface area (TPSA) is 92.5 Å². The van der Waals surface area contributed by atoms with Crippen molar-refractivity contribution in [3.8, 4) is 0 Å². The number of benzene rings is 1. The minimum absolute atomic E-state index is 0.0691. The molecule has 0 unspecified atom stereocenters. The van der Waals surface area contributed by atoms with Gasteiger partial charge in [0.1, 0.15) is 4.90 Å². The molecule has 104 valence electrons. The van der Waals surface area contributed by atoms with Crippen molar-refractivity contribution in [2.24, 2.45) is 5.14 Å². The largest absolute Gasteiger partial charge is 0.325 e. The average molecular weight is 283 g/mol. The van der Waals surface area contributed by atoms with Gasteiger partial charge in [0, 0.05) is 13.1 Å². The molecule has 1 aliphatic rings. The summed E-state index contributed by atoms with van der Waals surface area (Å²) in [6, 6.07) is 5.84. The summed E-state index contributed by atoms with van der Waals surface area (Å²) in [4.78, 5) is 13.6. The van der Waals surface area contributed by atoms with Gasteiger partial charge < -0.3 is 10.2 Å². The number of urea groups is 1. The van der Waals surface area contributed by atoms with E-state index in [2.05, 4.69) is 5.32 Å². The zero-order chi connectivity index (χ0) is 13.9. The molecular formula is C12H17N3O3S. The number of primary sulfonamides is 1. The Kier molecular flexibility index (Phi) is 4.06. The molecule has 0 aliphatic carbocycles. The molecule has 6 nitrogen and oxygen atoms in total. The van der Waals surface area contributed by atoms with E-state index in [-0.39, 0.29) is 16.6 Å². The van der Waals surface area contributed by atoms with Gasteiger partial charge in [-0.25, -0.2) is 18.4 Å². The first-order chi connectivity index (χ1) is 8.98. The Morgan fingerprint density at radius 3 is 2.42 bits per heavy atom. The third-order valence-corrected chi connectivity index (χ3v) is 4.05. The number of likely N-dealkylation sites (tertiary alicyclic amines) is 1. The molecule has 2 rings (SSSR count). The van der Waals surface area contributed by atoms with Crippen LogP contribution >= 0.6 is 0 Å². The van der Waals surface area contributed by atoms with Crippen molar-refractivity contribution in [2.45, 2.75) is 24.2 Å². The Labute approximate surface area is 112 Å². The van der Waals surface area contributed by atoms with Gasteiger partial charge in [0.25, 0.3) is 0 Å². The summed E-state index contributed by atoms with van der Waals surface area (Å²) < 4.78 is 22.8. The number of hydrogen-bond acceptors (Lipinski definition) is 3. The summed E-state index contributed by atoms with van der Waals surface area (Å²) in [5, 5.41) is 7.73. The maximum atomic E-state index is 12.0. The van der Waals surface area contributed by atoms with Gasteiger partial charge in [-0.1, -0.05) is 12.1 Å². The lowest BCUT2D eigenvalue weighted by Gasteiger charge is -2.27. The van der Waals surface area contributed by atoms with E-state index in [0.29, 0.717) is 13.1 Å². The highest BCUT2D eigenvalue weighted by molar-refractivity contribution is 7.89. The molecule has 1 saturated heterocycles. The summed E-state index contributed by atoms with van der Waals surface area (Å²) in [6.07, 6.45) is 3.08. The zero-order valence-electron chi connectivity index (χ0n) is 10.5. The van der Waals surface area contributed by atoms with E-state index in [4.69, 9.17) is 5.14 Å². The lowest BCUT2D eigenvalue weighted by Crippen LogP contribution is -2.39. The van der Waals surface area contributed by atoms with Crippen LogP contribution in [0.2, 0.25) is 0 Å². The Morgan fingerprint density at radius 2 is 1.79 bits per heavy atom. The highest BCUT2D eigenvalue weighted by Crippen LogP contribution is 2.20. The molecule has 7 heteroatoms. The number of amides is 2. The van der Waals surface area contributed by atoms with Crippen LogP contribution in [0.1, 0.15) is 19.3 Å². The van der Waals surface area contributed by atoms with Crippen molar-refractivity contribution < 1.29 is 13.2 Å². The summed E-state index contributed by atoms with van der Waals surface area (Å²) in [5.41, 5.74) is 0.223. The van der Waals surface area contributed by atoms with Crippen LogP contribution in [0.5, 0.6) is 0 Å². The van der Waals surface area contributed by atoms with Gasteiger partial charge in [-0.3, -0.25) is 0 Å². The number of nitrogens with two attached hydrogens (primary N) is 1. The summed E-state index contributed by atoms with van der Waals surface area (Å²) >= 11 is 0. The third-order valence-electron chi connectivity index (χ3n) is 3.08. The molecule has 2 amide bonds. The first-order valence-electron chi connectivity index (χ1n) is 6.16. The fourth-order valence-corrected chi connectivity index (χ4v) is 2.80. The van der Waals surface area contributed by atoms with E-state index in [1.54, 1.807) is 17.0 Å². The van der Waals surface area contributed by atoms with Crippen molar-refractivity contribution in [3.63, 3.8) is 0 Å². The highest BCUT2D eigenvalue weighted by Gasteiger charge is 2.19. The van der Waals surface area contributed by atoms with Crippen LogP contribution in [0.15, 0.2) is 29.2 Å². The van der Waals surface area contributed by atoms with E-state index >= 15 is 0 Å². The van der Waals surface area contributed by atoms with Crippen LogP contribution in [0, 0.1) is 0 Å². The number of carbonyl (C=O) groups excluding carboxylic acids is 1. The standard InChI is InChI=1S/C12H17N3O3S/c13-19(17,18)11-7-3-2-6-10(11)14-12(16)15-8-4-1-5-9-15/h2-3,6-7H,1,4-5,8-9H2,(H,14,16)(H2,13,17,18). The molecule has 0 spiro atoms. The van der Waals surface area contributed by atoms with Crippen molar-refractivity contribution in [2.75, 3.05) is 18.4 Å². The van der Waals surface area contributed by atoms with Crippen LogP contribution in [-0.4, -0.2) is 32.4 Å². The number of sulfonamides is 1. The molecule has 0 radical (unpaired) electrons. The molecule has 0 aromatic heterocycles. The second-order valence-corrected chi connectivity index (χ2v) is 6.05. The number of nitrogens with one attached hydrogen (secondary N) is 1. The van der Waals surface area contributed by atoms with Gasteiger partial charge in [-0.05, 0) is 31.4 Å². The van der Waals surface area contributed by atoms with E-state index in [1.807, 2.05) is 0 Å². The maximum absolute atomic E-state index is 12.0. The SMILES string of the molecule is NS(=O)(=O)c1ccccc1NC(=O)N1CCCCC1. The molecule has 1 heterocycles. The Bertz CT molecular complexity index is 565. The molecular weight excluding hydrogens is 266 g/mol. The van der Waals surface area contributed by atoms with Crippen LogP contribution < -0.4 is 10.5 Å². The fraction of sp³-hybridized carbons (Fsp3) is 0.417. The third kappa shape index (κ3) is 3.45. The summed E-state index contributed by atoms with van der Waals surface area (Å²) in [6.45, 7) is 1.40. The number of piperidine rings is 1. The number of rotatable bonds is 2. The molecule has 3 N–H and O–H groups in total. The maximum Gasteiger partial charge on any atom is 0.321 e. The summed E-state index contributed by atoms with van der Waals surface area (Å²) in [5.74, 6) is 0. The van der Waals surface area contributed by atoms with Crippen molar-refractivity contribution in [1.82, 2.24) is 4.90 Å². The molecule has 1 fully saturated rings. The lowest BCUT2D eigenvalue weighted by atomic mass is 10.1. The quantitative estimate of drug-likeness (QED) is 0.858. The van der Waals surface area contributed by atoms with E-state index in [9.17, 15) is 13.2 Å². The number of nitrogens with zero attached hydrogens (tertiary/aromatic N) is 1. The Morgan fingerprint density at radius 1 is 1.16 bits per heavy atom. The second-order valence-electron chi connectivity index (χ2n) is 4.52. The minimum atomic E-state index is -3.84. The molecule has 1 aromatic rings. The lowest BCUT2D eigenvalue weighted by molar-refractivity contribution is 0.200. The molecule has 0 saturated carbocycles. The number of carbonyl (C=O) groups is 1. The smallest absolute Gasteiger partial charge is 0.321 e. The zero-order valence-corrected chi connectivity index (χ0v) is 11.3. The fourth-order valence-electron chi connectivity index (χ4n) is 2.11. The number of hydrogen-bond donors (Lipinski definition) is 2. The average Bonchev–Trinajstić information content (AvgIpc) is 2.39. The molecule has 19 heavy (non-hydrogen) atoms. The second kappa shape index (κ2) is 5.58. The van der Waals surface area contributed by atoms with Gasteiger partial charge in [0.15, 0.2) is 0 Å². The highest BCUT2D eigenvalue weighted by atomic mass is 32.2. The predicted octanol–water partition coefficient (Wildman–Crippen LogP) is 1.35. The van der Waals surface area contributed by atoms with Gasteiger partial charge in [0.05, 0.1) is 5.69 Å². The molecule has 0 bridgehead atoms. The van der Waals surface area contributed by atoms with Gasteiger partial charge in [-0.15, -0.1) is 0 Å². The van der Waals surface area contributed by atoms with E-state index in [0.717, 1.165) is 19.3 Å². The molecule has 1 aromatic carbocycles. The molecule has 0 atom stereocenters. The van der Waals surface area contributed by atoms with Crippen molar-refractivity contribution in [1.29, 1.82) is 0 Å². The van der Waals surface area contributed by atoms with Crippen LogP contribution in [0.25, 0.3) is 0 Å². The van der Waals surface area contributed by atoms with E-state index in [1.165, 1.54) is 12.1 Å². The van der Waals surface area contributed by atoms with Crippen LogP contribution in [0.4, 0.5) is 10.5 Å². The van der Waals surface area contributed by atoms with Gasteiger partial charge in [0.2, 0.25) is 10.0 Å². The summed E-state index contributed by atoms with van der Waals surface area (Å²) in [7, 11) is -3.84. The Balaban J connectivity index is 2.17. The normalized spacial score (nSPS) is 16.2. The van der Waals surface area contributed by atoms with Gasteiger partial charge >= 0.3 is 6.03 Å².